The molecule has 1 aromatic heterocycles. The van der Waals surface area contributed by atoms with E-state index in [0.717, 1.165) is 17.2 Å². The molecule has 4 atom stereocenters. The van der Waals surface area contributed by atoms with Crippen molar-refractivity contribution in [3.05, 3.63) is 36.0 Å². The molecule has 4 rings (SSSR count). The number of aldehydes is 1. The molecule has 138 valence electrons. The number of fused-ring (bicyclic) bond motifs is 2. The van der Waals surface area contributed by atoms with Gasteiger partial charge in [-0.1, -0.05) is 18.2 Å². The van der Waals surface area contributed by atoms with Gasteiger partial charge in [-0.05, 0) is 19.9 Å². The molecule has 2 aromatic rings. The fourth-order valence-corrected chi connectivity index (χ4v) is 3.75. The molecule has 0 aliphatic carbocycles. The molecule has 0 radical (unpaired) electrons. The van der Waals surface area contributed by atoms with Crippen molar-refractivity contribution in [3.63, 3.8) is 0 Å². The topological polar surface area (TPSA) is 76.0 Å². The third-order valence-electron chi connectivity index (χ3n) is 4.75. The zero-order chi connectivity index (χ0) is 18.5. The normalized spacial score (nSPS) is 29.7. The van der Waals surface area contributed by atoms with Gasteiger partial charge in [0.2, 0.25) is 0 Å². The number of hydrogen-bond acceptors (Lipinski definition) is 6. The van der Waals surface area contributed by atoms with Crippen LogP contribution in [0, 0.1) is 0 Å². The SMILES string of the molecule is CC(=O)OCC1OC(n2cc(C=O)c3ccccc32)C2OC(C)(C)OC12. The highest BCUT2D eigenvalue weighted by Crippen LogP contribution is 2.44. The average Bonchev–Trinajstić information content (AvgIpc) is 3.21. The van der Waals surface area contributed by atoms with Crippen molar-refractivity contribution in [1.82, 2.24) is 4.57 Å². The van der Waals surface area contributed by atoms with E-state index >= 15 is 0 Å². The summed E-state index contributed by atoms with van der Waals surface area (Å²) in [5.41, 5.74) is 1.46. The van der Waals surface area contributed by atoms with E-state index < -0.39 is 18.1 Å². The molecule has 4 unspecified atom stereocenters. The van der Waals surface area contributed by atoms with Crippen molar-refractivity contribution in [1.29, 1.82) is 0 Å². The van der Waals surface area contributed by atoms with Crippen LogP contribution < -0.4 is 0 Å². The molecular weight excluding hydrogens is 338 g/mol. The second kappa shape index (κ2) is 6.19. The molecule has 0 spiro atoms. The van der Waals surface area contributed by atoms with Gasteiger partial charge in [-0.25, -0.2) is 0 Å². The first-order valence-corrected chi connectivity index (χ1v) is 8.59. The second-order valence-corrected chi connectivity index (χ2v) is 7.06. The van der Waals surface area contributed by atoms with Crippen LogP contribution in [0.1, 0.15) is 37.4 Å². The Morgan fingerprint density at radius 2 is 2.00 bits per heavy atom. The maximum absolute atomic E-state index is 11.5. The first-order chi connectivity index (χ1) is 12.4. The van der Waals surface area contributed by atoms with E-state index in [1.54, 1.807) is 6.20 Å². The fourth-order valence-electron chi connectivity index (χ4n) is 3.75. The predicted octanol–water partition coefficient (Wildman–Crippen LogP) is 2.43. The molecule has 2 saturated heterocycles. The summed E-state index contributed by atoms with van der Waals surface area (Å²) in [5.74, 6) is -1.14. The number of hydrogen-bond donors (Lipinski definition) is 0. The van der Waals surface area contributed by atoms with E-state index in [1.165, 1.54) is 6.92 Å². The minimum atomic E-state index is -0.762. The van der Waals surface area contributed by atoms with E-state index in [0.29, 0.717) is 5.56 Å². The van der Waals surface area contributed by atoms with Gasteiger partial charge in [0.1, 0.15) is 24.9 Å². The van der Waals surface area contributed by atoms with E-state index in [-0.39, 0.29) is 24.8 Å². The van der Waals surface area contributed by atoms with Gasteiger partial charge in [0.25, 0.3) is 0 Å². The number of carbonyl (C=O) groups excluding carboxylic acids is 2. The van der Waals surface area contributed by atoms with Crippen LogP contribution >= 0.6 is 0 Å². The largest absolute Gasteiger partial charge is 0.463 e. The number of para-hydroxylation sites is 1. The van der Waals surface area contributed by atoms with Gasteiger partial charge < -0.3 is 23.5 Å². The summed E-state index contributed by atoms with van der Waals surface area (Å²) in [5, 5.41) is 0.851. The van der Waals surface area contributed by atoms with E-state index in [2.05, 4.69) is 0 Å². The van der Waals surface area contributed by atoms with Gasteiger partial charge >= 0.3 is 5.97 Å². The Morgan fingerprint density at radius 1 is 1.27 bits per heavy atom. The van der Waals surface area contributed by atoms with Crippen LogP contribution in [-0.4, -0.2) is 47.5 Å². The number of rotatable bonds is 4. The van der Waals surface area contributed by atoms with Gasteiger partial charge in [-0.3, -0.25) is 9.59 Å². The lowest BCUT2D eigenvalue weighted by Crippen LogP contribution is -2.33. The summed E-state index contributed by atoms with van der Waals surface area (Å²) in [7, 11) is 0. The Balaban J connectivity index is 1.72. The Kier molecular flexibility index (Phi) is 4.10. The van der Waals surface area contributed by atoms with Crippen molar-refractivity contribution >= 4 is 23.2 Å². The number of nitrogens with zero attached hydrogens (tertiary/aromatic N) is 1. The van der Waals surface area contributed by atoms with Gasteiger partial charge in [-0.15, -0.1) is 0 Å². The van der Waals surface area contributed by atoms with Crippen LogP contribution in [0.4, 0.5) is 0 Å². The van der Waals surface area contributed by atoms with Crippen molar-refractivity contribution in [3.8, 4) is 0 Å². The Morgan fingerprint density at radius 3 is 2.73 bits per heavy atom. The summed E-state index contributed by atoms with van der Waals surface area (Å²) in [4.78, 5) is 22.6. The quantitative estimate of drug-likeness (QED) is 0.616. The highest BCUT2D eigenvalue weighted by atomic mass is 16.8. The molecule has 0 saturated carbocycles. The second-order valence-electron chi connectivity index (χ2n) is 7.06. The van der Waals surface area contributed by atoms with Gasteiger partial charge in [0, 0.05) is 24.1 Å². The molecule has 0 amide bonds. The maximum atomic E-state index is 11.5. The standard InChI is InChI=1S/C19H21NO6/c1-11(22)23-10-15-16-17(26-19(2,3)25-16)18(24-15)20-8-12(9-21)13-6-4-5-7-14(13)20/h4-9,15-18H,10H2,1-3H3. The maximum Gasteiger partial charge on any atom is 0.302 e. The van der Waals surface area contributed by atoms with Gasteiger partial charge in [-0.2, -0.15) is 0 Å². The van der Waals surface area contributed by atoms with Crippen molar-refractivity contribution in [2.45, 2.75) is 51.1 Å². The molecule has 7 nitrogen and oxygen atoms in total. The first-order valence-electron chi connectivity index (χ1n) is 8.59. The van der Waals surface area contributed by atoms with Crippen LogP contribution in [0.15, 0.2) is 30.5 Å². The minimum Gasteiger partial charge on any atom is -0.463 e. The fraction of sp³-hybridized carbons (Fsp3) is 0.474. The lowest BCUT2D eigenvalue weighted by atomic mass is 10.1. The molecule has 0 bridgehead atoms. The summed E-state index contributed by atoms with van der Waals surface area (Å²) in [6.07, 6.45) is 0.924. The highest BCUT2D eigenvalue weighted by Gasteiger charge is 2.56. The summed E-state index contributed by atoms with van der Waals surface area (Å²) >= 11 is 0. The van der Waals surface area contributed by atoms with Crippen LogP contribution in [0.5, 0.6) is 0 Å². The van der Waals surface area contributed by atoms with Crippen LogP contribution in [-0.2, 0) is 23.7 Å². The number of ether oxygens (including phenoxy) is 4. The van der Waals surface area contributed by atoms with Crippen LogP contribution in [0.3, 0.4) is 0 Å². The van der Waals surface area contributed by atoms with E-state index in [4.69, 9.17) is 18.9 Å². The molecule has 3 heterocycles. The summed E-state index contributed by atoms with van der Waals surface area (Å²) < 4.78 is 25.2. The molecule has 7 heteroatoms. The Labute approximate surface area is 150 Å². The van der Waals surface area contributed by atoms with Gasteiger partial charge in [0.05, 0.1) is 5.52 Å². The summed E-state index contributed by atoms with van der Waals surface area (Å²) in [6, 6.07) is 7.63. The van der Waals surface area contributed by atoms with Crippen molar-refractivity contribution < 1.29 is 28.5 Å². The summed E-state index contributed by atoms with van der Waals surface area (Å²) in [6.45, 7) is 5.13. The molecular formula is C19H21NO6. The zero-order valence-electron chi connectivity index (χ0n) is 14.9. The molecule has 1 aromatic carbocycles. The third kappa shape index (κ3) is 2.82. The average molecular weight is 359 g/mol. The Hall–Kier alpha value is -2.22. The number of benzene rings is 1. The highest BCUT2D eigenvalue weighted by molar-refractivity contribution is 5.97. The van der Waals surface area contributed by atoms with Crippen molar-refractivity contribution in [2.75, 3.05) is 6.61 Å². The molecule has 0 N–H and O–H groups in total. The van der Waals surface area contributed by atoms with Gasteiger partial charge in [0.15, 0.2) is 18.3 Å². The van der Waals surface area contributed by atoms with Crippen molar-refractivity contribution in [2.24, 2.45) is 0 Å². The Bertz CT molecular complexity index is 857. The minimum absolute atomic E-state index is 0.0895. The monoisotopic (exact) mass is 359 g/mol. The number of aromatic nitrogens is 1. The molecule has 2 aliphatic heterocycles. The lowest BCUT2D eigenvalue weighted by molar-refractivity contribution is -0.201. The van der Waals surface area contributed by atoms with Crippen LogP contribution in [0.25, 0.3) is 10.9 Å². The van der Waals surface area contributed by atoms with Crippen LogP contribution in [0.2, 0.25) is 0 Å². The molecule has 2 fully saturated rings. The number of carbonyl (C=O) groups is 2. The zero-order valence-corrected chi connectivity index (χ0v) is 14.9. The lowest BCUT2D eigenvalue weighted by Gasteiger charge is -2.25. The first kappa shape index (κ1) is 17.2. The third-order valence-corrected chi connectivity index (χ3v) is 4.75. The van der Waals surface area contributed by atoms with E-state index in [1.807, 2.05) is 42.7 Å². The smallest absolute Gasteiger partial charge is 0.302 e. The molecule has 2 aliphatic rings. The predicted molar refractivity (Wildman–Crippen MR) is 91.7 cm³/mol. The number of esters is 1. The van der Waals surface area contributed by atoms with E-state index in [9.17, 15) is 9.59 Å². The molecule has 26 heavy (non-hydrogen) atoms.